The van der Waals surface area contributed by atoms with E-state index in [4.69, 9.17) is 11.6 Å². The van der Waals surface area contributed by atoms with Crippen LogP contribution in [0.3, 0.4) is 0 Å². The zero-order chi connectivity index (χ0) is 16.5. The monoisotopic (exact) mass is 344 g/mol. The topological polar surface area (TPSA) is 88.4 Å². The maximum atomic E-state index is 6.10. The van der Waals surface area contributed by atoms with E-state index in [2.05, 4.69) is 42.0 Å². The number of imidazole rings is 1. The van der Waals surface area contributed by atoms with Crippen LogP contribution >= 0.6 is 11.6 Å². The zero-order valence-electron chi connectivity index (χ0n) is 13.3. The number of anilines is 1. The third-order valence-electron chi connectivity index (χ3n) is 4.08. The van der Waals surface area contributed by atoms with Gasteiger partial charge in [-0.25, -0.2) is 9.97 Å². The van der Waals surface area contributed by atoms with Crippen molar-refractivity contribution in [1.82, 2.24) is 34.7 Å². The summed E-state index contributed by atoms with van der Waals surface area (Å²) >= 11 is 6.10. The average molecular weight is 345 g/mol. The first-order valence-electron chi connectivity index (χ1n) is 7.98. The summed E-state index contributed by atoms with van der Waals surface area (Å²) in [6.45, 7) is 3.72. The van der Waals surface area contributed by atoms with Crippen LogP contribution in [0.2, 0.25) is 5.28 Å². The first-order chi connectivity index (χ1) is 11.8. The molecule has 1 N–H and O–H groups in total. The molecule has 0 aromatic carbocycles. The number of fused-ring (bicyclic) bond motifs is 3. The number of unbranched alkanes of at least 4 members (excludes halogenated alkanes) is 2. The molecule has 0 atom stereocenters. The standard InChI is InChI=1S/C15H17ClN8/c1-2-3-4-7-23-9-24-12(10-5-6-17-8-18-10)21-22-14(24)11-13(23)20-15(16)19-11/h5-6,8H,2-4,7,9H2,1H3,(H,19,20). The SMILES string of the molecule is CCCCCN1Cn2c(-c3ccncn3)nnc2-c2[nH]c(Cl)nc21. The van der Waals surface area contributed by atoms with Crippen molar-refractivity contribution in [2.45, 2.75) is 32.9 Å². The van der Waals surface area contributed by atoms with Gasteiger partial charge in [-0.3, -0.25) is 4.57 Å². The Bertz CT molecular complexity index is 841. The molecule has 0 saturated carbocycles. The molecule has 1 aliphatic heterocycles. The first kappa shape index (κ1) is 15.1. The summed E-state index contributed by atoms with van der Waals surface area (Å²) in [6.07, 6.45) is 6.66. The first-order valence-corrected chi connectivity index (χ1v) is 8.36. The van der Waals surface area contributed by atoms with Gasteiger partial charge in [0.25, 0.3) is 0 Å². The number of nitrogens with zero attached hydrogens (tertiary/aromatic N) is 7. The predicted octanol–water partition coefficient (Wildman–Crippen LogP) is 2.75. The van der Waals surface area contributed by atoms with Crippen molar-refractivity contribution in [1.29, 1.82) is 0 Å². The summed E-state index contributed by atoms with van der Waals surface area (Å²) in [5.74, 6) is 2.28. The van der Waals surface area contributed by atoms with E-state index < -0.39 is 0 Å². The fourth-order valence-electron chi connectivity index (χ4n) is 2.92. The molecule has 0 amide bonds. The van der Waals surface area contributed by atoms with E-state index in [9.17, 15) is 0 Å². The van der Waals surface area contributed by atoms with E-state index in [1.54, 1.807) is 6.20 Å². The third-order valence-corrected chi connectivity index (χ3v) is 4.26. The molecule has 0 radical (unpaired) electrons. The molecule has 4 rings (SSSR count). The van der Waals surface area contributed by atoms with Crippen molar-refractivity contribution in [2.75, 3.05) is 11.4 Å². The highest BCUT2D eigenvalue weighted by molar-refractivity contribution is 6.28. The lowest BCUT2D eigenvalue weighted by Gasteiger charge is -2.28. The normalized spacial score (nSPS) is 13.0. The molecule has 9 heteroatoms. The lowest BCUT2D eigenvalue weighted by Crippen LogP contribution is -2.32. The highest BCUT2D eigenvalue weighted by atomic mass is 35.5. The van der Waals surface area contributed by atoms with E-state index in [0.717, 1.165) is 36.0 Å². The molecule has 3 aromatic heterocycles. The van der Waals surface area contributed by atoms with E-state index in [1.165, 1.54) is 19.2 Å². The summed E-state index contributed by atoms with van der Waals surface area (Å²) in [6, 6.07) is 1.83. The Balaban J connectivity index is 1.75. The van der Waals surface area contributed by atoms with E-state index in [1.807, 2.05) is 10.6 Å². The number of hydrogen-bond donors (Lipinski definition) is 1. The van der Waals surface area contributed by atoms with Gasteiger partial charge in [0.2, 0.25) is 5.28 Å². The molecule has 4 heterocycles. The number of nitrogens with one attached hydrogen (secondary N) is 1. The molecule has 3 aromatic rings. The van der Waals surface area contributed by atoms with Crippen LogP contribution in [0.1, 0.15) is 26.2 Å². The number of hydrogen-bond acceptors (Lipinski definition) is 6. The predicted molar refractivity (Wildman–Crippen MR) is 90.5 cm³/mol. The number of H-pyrrole nitrogens is 1. The Morgan fingerprint density at radius 1 is 1.25 bits per heavy atom. The van der Waals surface area contributed by atoms with Crippen molar-refractivity contribution in [3.63, 3.8) is 0 Å². The van der Waals surface area contributed by atoms with Gasteiger partial charge in [0.05, 0.1) is 6.67 Å². The summed E-state index contributed by atoms with van der Waals surface area (Å²) in [5.41, 5.74) is 1.54. The van der Waals surface area contributed by atoms with Gasteiger partial charge in [0.1, 0.15) is 17.7 Å². The van der Waals surface area contributed by atoms with Gasteiger partial charge < -0.3 is 9.88 Å². The molecule has 0 saturated heterocycles. The highest BCUT2D eigenvalue weighted by Crippen LogP contribution is 2.35. The number of rotatable bonds is 5. The van der Waals surface area contributed by atoms with Crippen LogP contribution in [0.25, 0.3) is 23.0 Å². The molecule has 8 nitrogen and oxygen atoms in total. The molecular formula is C15H17ClN8. The van der Waals surface area contributed by atoms with Gasteiger partial charge in [-0.05, 0) is 24.1 Å². The molecule has 0 bridgehead atoms. The minimum Gasteiger partial charge on any atom is -0.336 e. The lowest BCUT2D eigenvalue weighted by molar-refractivity contribution is 0.591. The Morgan fingerprint density at radius 2 is 2.12 bits per heavy atom. The van der Waals surface area contributed by atoms with Crippen LogP contribution in [0.15, 0.2) is 18.6 Å². The summed E-state index contributed by atoms with van der Waals surface area (Å²) < 4.78 is 2.03. The quantitative estimate of drug-likeness (QED) is 0.716. The second-order valence-corrected chi connectivity index (χ2v) is 6.07. The molecule has 24 heavy (non-hydrogen) atoms. The minimum atomic E-state index is 0.362. The summed E-state index contributed by atoms with van der Waals surface area (Å²) in [7, 11) is 0. The van der Waals surface area contributed by atoms with Crippen molar-refractivity contribution >= 4 is 17.4 Å². The van der Waals surface area contributed by atoms with E-state index in [0.29, 0.717) is 17.8 Å². The Kier molecular flexibility index (Phi) is 3.89. The van der Waals surface area contributed by atoms with E-state index in [-0.39, 0.29) is 0 Å². The maximum Gasteiger partial charge on any atom is 0.202 e. The van der Waals surface area contributed by atoms with Crippen molar-refractivity contribution in [2.24, 2.45) is 0 Å². The number of halogens is 1. The van der Waals surface area contributed by atoms with Crippen LogP contribution < -0.4 is 4.90 Å². The van der Waals surface area contributed by atoms with Crippen LogP contribution in [0.4, 0.5) is 5.82 Å². The van der Waals surface area contributed by atoms with Gasteiger partial charge in [0, 0.05) is 12.7 Å². The molecule has 0 aliphatic carbocycles. The van der Waals surface area contributed by atoms with Gasteiger partial charge in [0.15, 0.2) is 17.5 Å². The van der Waals surface area contributed by atoms with E-state index >= 15 is 0 Å². The van der Waals surface area contributed by atoms with Crippen LogP contribution in [0, 0.1) is 0 Å². The van der Waals surface area contributed by atoms with Gasteiger partial charge in [-0.1, -0.05) is 19.8 Å². The van der Waals surface area contributed by atoms with Crippen LogP contribution in [-0.2, 0) is 6.67 Å². The van der Waals surface area contributed by atoms with Crippen LogP contribution in [0.5, 0.6) is 0 Å². The number of aromatic amines is 1. The second kappa shape index (κ2) is 6.20. The molecule has 0 spiro atoms. The lowest BCUT2D eigenvalue weighted by atomic mass is 10.2. The Hall–Kier alpha value is -2.48. The van der Waals surface area contributed by atoms with Crippen molar-refractivity contribution in [3.05, 3.63) is 23.9 Å². The fourth-order valence-corrected chi connectivity index (χ4v) is 3.10. The number of aromatic nitrogens is 7. The van der Waals surface area contributed by atoms with Crippen LogP contribution in [-0.4, -0.2) is 41.2 Å². The fraction of sp³-hybridized carbons (Fsp3) is 0.400. The second-order valence-electron chi connectivity index (χ2n) is 5.71. The maximum absolute atomic E-state index is 6.10. The largest absolute Gasteiger partial charge is 0.336 e. The average Bonchev–Trinajstić information content (AvgIpc) is 3.19. The minimum absolute atomic E-state index is 0.362. The summed E-state index contributed by atoms with van der Waals surface area (Å²) in [5, 5.41) is 8.99. The Morgan fingerprint density at radius 3 is 2.92 bits per heavy atom. The zero-order valence-corrected chi connectivity index (χ0v) is 14.0. The van der Waals surface area contributed by atoms with Gasteiger partial charge >= 0.3 is 0 Å². The highest BCUT2D eigenvalue weighted by Gasteiger charge is 2.30. The molecule has 0 unspecified atom stereocenters. The van der Waals surface area contributed by atoms with Gasteiger partial charge in [-0.15, -0.1) is 10.2 Å². The van der Waals surface area contributed by atoms with Gasteiger partial charge in [-0.2, -0.15) is 4.98 Å². The van der Waals surface area contributed by atoms with Crippen molar-refractivity contribution < 1.29 is 0 Å². The molecule has 0 fully saturated rings. The summed E-state index contributed by atoms with van der Waals surface area (Å²) in [4.78, 5) is 18.0. The Labute approximate surface area is 143 Å². The molecule has 1 aliphatic rings. The molecular weight excluding hydrogens is 328 g/mol. The van der Waals surface area contributed by atoms with Crippen molar-refractivity contribution in [3.8, 4) is 23.0 Å². The molecule has 124 valence electrons. The third kappa shape index (κ3) is 2.52. The smallest absolute Gasteiger partial charge is 0.202 e.